The third-order valence-corrected chi connectivity index (χ3v) is 1.13. The Kier molecular flexibility index (Phi) is 2.84. The smallest absolute Gasteiger partial charge is 0.0830 e. The Bertz CT molecular complexity index is 44.9. The zero-order valence-corrected chi connectivity index (χ0v) is 5.48. The first-order chi connectivity index (χ1) is 2.27. The molecule has 0 N–H and O–H groups in total. The number of hydrogen-bond donors (Lipinski definition) is 0. The summed E-state index contributed by atoms with van der Waals surface area (Å²) in [6.07, 6.45) is 0. The normalized spacial score (nSPS) is 7.00. The van der Waals surface area contributed by atoms with Crippen LogP contribution in [0.25, 0.3) is 0 Å². The first-order valence-electron chi connectivity index (χ1n) is 1.39. The first-order valence-corrected chi connectivity index (χ1v) is 2.36. The highest BCUT2D eigenvalue weighted by atomic mass is 127. The van der Waals surface area contributed by atoms with E-state index in [1.54, 1.807) is 0 Å². The van der Waals surface area contributed by atoms with E-state index in [0.29, 0.717) is 0 Å². The fraction of sp³-hybridized carbons (Fsp3) is 0.667. The van der Waals surface area contributed by atoms with Crippen molar-refractivity contribution in [3.05, 3.63) is 0 Å². The standard InChI is InChI=1S/C3H6IN/c1-3(2)5-4/h1-2H3. The molecule has 0 saturated heterocycles. The summed E-state index contributed by atoms with van der Waals surface area (Å²) in [4.78, 5) is 0. The van der Waals surface area contributed by atoms with E-state index in [4.69, 9.17) is 0 Å². The summed E-state index contributed by atoms with van der Waals surface area (Å²) in [5, 5.41) is 0. The molecule has 0 aliphatic carbocycles. The van der Waals surface area contributed by atoms with Crippen LogP contribution in [0.5, 0.6) is 0 Å². The van der Waals surface area contributed by atoms with E-state index in [2.05, 4.69) is 3.21 Å². The van der Waals surface area contributed by atoms with E-state index >= 15 is 0 Å². The summed E-state index contributed by atoms with van der Waals surface area (Å²) >= 11 is 1.97. The number of hydrogen-bond acceptors (Lipinski definition) is 1. The van der Waals surface area contributed by atoms with Crippen molar-refractivity contribution < 1.29 is 0 Å². The van der Waals surface area contributed by atoms with Crippen molar-refractivity contribution in [3.63, 3.8) is 0 Å². The van der Waals surface area contributed by atoms with Gasteiger partial charge in [0.1, 0.15) is 0 Å². The monoisotopic (exact) mass is 183 g/mol. The minimum Gasteiger partial charge on any atom is -0.225 e. The summed E-state index contributed by atoms with van der Waals surface area (Å²) in [5.74, 6) is 0. The van der Waals surface area contributed by atoms with Crippen molar-refractivity contribution in [1.82, 2.24) is 0 Å². The van der Waals surface area contributed by atoms with E-state index < -0.39 is 0 Å². The van der Waals surface area contributed by atoms with Crippen molar-refractivity contribution in [3.8, 4) is 0 Å². The molecule has 0 heterocycles. The summed E-state index contributed by atoms with van der Waals surface area (Å²) in [6.45, 7) is 3.93. The van der Waals surface area contributed by atoms with Crippen LogP contribution in [0.2, 0.25) is 0 Å². The van der Waals surface area contributed by atoms with Gasteiger partial charge in [-0.3, -0.25) is 0 Å². The lowest BCUT2D eigenvalue weighted by Crippen LogP contribution is -1.70. The van der Waals surface area contributed by atoms with Gasteiger partial charge < -0.3 is 0 Å². The van der Waals surface area contributed by atoms with Gasteiger partial charge in [0.05, 0.1) is 22.9 Å². The van der Waals surface area contributed by atoms with Gasteiger partial charge in [-0.25, -0.2) is 3.21 Å². The highest BCUT2D eigenvalue weighted by Crippen LogP contribution is 1.82. The molecule has 1 nitrogen and oxygen atoms in total. The molecule has 0 aliphatic heterocycles. The molecule has 0 amide bonds. The molecule has 0 aromatic rings. The van der Waals surface area contributed by atoms with Crippen LogP contribution < -0.4 is 0 Å². The Labute approximate surface area is 46.0 Å². The topological polar surface area (TPSA) is 12.4 Å². The highest BCUT2D eigenvalue weighted by Gasteiger charge is 1.64. The van der Waals surface area contributed by atoms with E-state index in [1.165, 1.54) is 0 Å². The second-order valence-electron chi connectivity index (χ2n) is 1.03. The molecule has 0 unspecified atom stereocenters. The maximum absolute atomic E-state index is 3.78. The summed E-state index contributed by atoms with van der Waals surface area (Å²) < 4.78 is 3.78. The van der Waals surface area contributed by atoms with Crippen molar-refractivity contribution in [2.75, 3.05) is 0 Å². The zero-order valence-electron chi connectivity index (χ0n) is 3.33. The zero-order chi connectivity index (χ0) is 4.28. The fourth-order valence-electron chi connectivity index (χ4n) is 0. The molecule has 0 bridgehead atoms. The van der Waals surface area contributed by atoms with Crippen LogP contribution in [0.3, 0.4) is 0 Å². The molecule has 0 fully saturated rings. The highest BCUT2D eigenvalue weighted by molar-refractivity contribution is 14.1. The molecule has 0 aromatic heterocycles. The van der Waals surface area contributed by atoms with Gasteiger partial charge in [0, 0.05) is 5.71 Å². The van der Waals surface area contributed by atoms with Crippen molar-refractivity contribution >= 4 is 28.6 Å². The molecule has 5 heavy (non-hydrogen) atoms. The lowest BCUT2D eigenvalue weighted by atomic mass is 10.5. The van der Waals surface area contributed by atoms with E-state index in [1.807, 2.05) is 36.7 Å². The van der Waals surface area contributed by atoms with Gasteiger partial charge in [0.15, 0.2) is 0 Å². The molecule has 0 aliphatic rings. The molecular formula is C3H6IN. The average molecular weight is 183 g/mol. The minimum atomic E-state index is 1.12. The van der Waals surface area contributed by atoms with Crippen LogP contribution in [0.1, 0.15) is 13.8 Å². The van der Waals surface area contributed by atoms with Crippen LogP contribution in [0.15, 0.2) is 3.21 Å². The predicted octanol–water partition coefficient (Wildman–Crippen LogP) is 1.82. The molecule has 0 atom stereocenters. The van der Waals surface area contributed by atoms with Gasteiger partial charge in [-0.15, -0.1) is 0 Å². The van der Waals surface area contributed by atoms with Gasteiger partial charge in [0.2, 0.25) is 0 Å². The minimum absolute atomic E-state index is 1.12. The number of rotatable bonds is 0. The molecule has 2 heteroatoms. The van der Waals surface area contributed by atoms with Crippen molar-refractivity contribution in [2.45, 2.75) is 13.8 Å². The lowest BCUT2D eigenvalue weighted by molar-refractivity contribution is 1.71. The van der Waals surface area contributed by atoms with Gasteiger partial charge in [-0.05, 0) is 13.8 Å². The van der Waals surface area contributed by atoms with Gasteiger partial charge >= 0.3 is 0 Å². The van der Waals surface area contributed by atoms with Crippen LogP contribution in [-0.2, 0) is 0 Å². The van der Waals surface area contributed by atoms with E-state index in [-0.39, 0.29) is 0 Å². The second kappa shape index (κ2) is 2.63. The Morgan fingerprint density at radius 2 is 1.80 bits per heavy atom. The molecule has 0 spiro atoms. The summed E-state index contributed by atoms with van der Waals surface area (Å²) in [7, 11) is 0. The van der Waals surface area contributed by atoms with E-state index in [9.17, 15) is 0 Å². The molecule has 0 aromatic carbocycles. The fourth-order valence-corrected chi connectivity index (χ4v) is 0. The van der Waals surface area contributed by atoms with Gasteiger partial charge in [0.25, 0.3) is 0 Å². The first kappa shape index (κ1) is 5.40. The molecule has 0 radical (unpaired) electrons. The number of nitrogens with zero attached hydrogens (tertiary/aromatic N) is 1. The Morgan fingerprint density at radius 1 is 1.60 bits per heavy atom. The summed E-state index contributed by atoms with van der Waals surface area (Å²) in [6, 6.07) is 0. The summed E-state index contributed by atoms with van der Waals surface area (Å²) in [5.41, 5.74) is 1.12. The van der Waals surface area contributed by atoms with Gasteiger partial charge in [-0.2, -0.15) is 0 Å². The maximum Gasteiger partial charge on any atom is 0.0830 e. The SMILES string of the molecule is CC(C)=NI. The Balaban J connectivity index is 3.14. The van der Waals surface area contributed by atoms with Crippen LogP contribution >= 0.6 is 22.9 Å². The third kappa shape index (κ3) is 4.40. The lowest BCUT2D eigenvalue weighted by Gasteiger charge is -1.71. The average Bonchev–Trinajstić information content (AvgIpc) is 1.38. The van der Waals surface area contributed by atoms with Crippen LogP contribution in [0.4, 0.5) is 0 Å². The van der Waals surface area contributed by atoms with Crippen molar-refractivity contribution in [2.24, 2.45) is 3.21 Å². The third-order valence-electron chi connectivity index (χ3n) is 0.169. The molecule has 0 rings (SSSR count). The predicted molar refractivity (Wildman–Crippen MR) is 32.8 cm³/mol. The quantitative estimate of drug-likeness (QED) is 0.401. The number of halogens is 1. The molecule has 30 valence electrons. The largest absolute Gasteiger partial charge is 0.225 e. The maximum atomic E-state index is 3.78. The molecular weight excluding hydrogens is 177 g/mol. The second-order valence-corrected chi connectivity index (χ2v) is 1.51. The van der Waals surface area contributed by atoms with Crippen LogP contribution in [0, 0.1) is 0 Å². The molecule has 0 saturated carbocycles. The Hall–Kier alpha value is 0.400. The Morgan fingerprint density at radius 3 is 1.80 bits per heavy atom. The van der Waals surface area contributed by atoms with Crippen molar-refractivity contribution in [1.29, 1.82) is 0 Å². The van der Waals surface area contributed by atoms with Crippen LogP contribution in [-0.4, -0.2) is 5.71 Å². The van der Waals surface area contributed by atoms with Gasteiger partial charge in [-0.1, -0.05) is 0 Å². The van der Waals surface area contributed by atoms with E-state index in [0.717, 1.165) is 5.71 Å².